The summed E-state index contributed by atoms with van der Waals surface area (Å²) in [7, 11) is -3.57. The van der Waals surface area contributed by atoms with Gasteiger partial charge in [0, 0.05) is 19.1 Å². The van der Waals surface area contributed by atoms with Gasteiger partial charge in [0.1, 0.15) is 12.7 Å². The zero-order valence-corrected chi connectivity index (χ0v) is 14.8. The van der Waals surface area contributed by atoms with Gasteiger partial charge in [0.15, 0.2) is 0 Å². The van der Waals surface area contributed by atoms with Crippen molar-refractivity contribution in [2.45, 2.75) is 37.8 Å². The number of hydrogen-bond donors (Lipinski definition) is 1. The largest absolute Gasteiger partial charge is 0.327 e. The number of nitrogens with two attached hydrogens (primary N) is 1. The second-order valence-electron chi connectivity index (χ2n) is 6.92. The van der Waals surface area contributed by atoms with Crippen molar-refractivity contribution in [2.75, 3.05) is 13.1 Å². The number of nitrogens with zero attached hydrogens (tertiary/aromatic N) is 4. The lowest BCUT2D eigenvalue weighted by Crippen LogP contribution is -2.53. The summed E-state index contributed by atoms with van der Waals surface area (Å²) in [6.07, 6.45) is 3.68. The summed E-state index contributed by atoms with van der Waals surface area (Å²) in [4.78, 5) is 4.23. The summed E-state index contributed by atoms with van der Waals surface area (Å²) < 4.78 is 29.5. The first-order valence-corrected chi connectivity index (χ1v) is 9.41. The Kier molecular flexibility index (Phi) is 4.46. The van der Waals surface area contributed by atoms with Crippen LogP contribution in [0.25, 0.3) is 0 Å². The molecule has 2 N–H and O–H groups in total. The third-order valence-electron chi connectivity index (χ3n) is 4.67. The fraction of sp³-hybridized carbons (Fsp3) is 0.500. The maximum Gasteiger partial charge on any atom is 0.243 e. The van der Waals surface area contributed by atoms with Crippen LogP contribution in [0.1, 0.15) is 25.8 Å². The number of rotatable bonds is 4. The fourth-order valence-corrected chi connectivity index (χ4v) is 4.88. The van der Waals surface area contributed by atoms with Gasteiger partial charge in [0.2, 0.25) is 10.0 Å². The van der Waals surface area contributed by atoms with Gasteiger partial charge in [-0.05, 0) is 23.5 Å². The van der Waals surface area contributed by atoms with E-state index in [4.69, 9.17) is 5.73 Å². The molecule has 1 aromatic carbocycles. The van der Waals surface area contributed by atoms with Crippen molar-refractivity contribution in [1.82, 2.24) is 19.1 Å². The smallest absolute Gasteiger partial charge is 0.243 e. The van der Waals surface area contributed by atoms with Crippen LogP contribution >= 0.6 is 0 Å². The molecule has 0 bridgehead atoms. The zero-order valence-electron chi connectivity index (χ0n) is 14.0. The van der Waals surface area contributed by atoms with Gasteiger partial charge < -0.3 is 5.73 Å². The molecular weight excluding hydrogens is 326 g/mol. The highest BCUT2D eigenvalue weighted by Gasteiger charge is 2.39. The first kappa shape index (κ1) is 17.1. The lowest BCUT2D eigenvalue weighted by Gasteiger charge is -2.41. The lowest BCUT2D eigenvalue weighted by atomic mass is 9.81. The molecule has 0 radical (unpaired) electrons. The molecule has 0 spiro atoms. The summed E-state index contributed by atoms with van der Waals surface area (Å²) in [5, 5.41) is 4.06. The summed E-state index contributed by atoms with van der Waals surface area (Å²) in [6.45, 7) is 5.27. The highest BCUT2D eigenvalue weighted by molar-refractivity contribution is 7.89. The molecule has 1 aliphatic heterocycles. The van der Waals surface area contributed by atoms with Crippen LogP contribution in [0, 0.1) is 5.41 Å². The van der Waals surface area contributed by atoms with E-state index in [9.17, 15) is 8.42 Å². The minimum absolute atomic E-state index is 0.00865. The standard InChI is InChI=1S/C16H23N5O2S/c1-16(2)10-21(8-7-15(16)17)24(22,23)14-6-4-3-5-13(14)9-20-12-18-11-19-20/h3-6,11-12,15H,7-10,17H2,1-2H3. The van der Waals surface area contributed by atoms with Gasteiger partial charge in [-0.1, -0.05) is 32.0 Å². The Morgan fingerprint density at radius 2 is 2.08 bits per heavy atom. The van der Waals surface area contributed by atoms with Gasteiger partial charge in [0.25, 0.3) is 0 Å². The molecule has 0 amide bonds. The molecule has 0 saturated carbocycles. The molecule has 1 unspecified atom stereocenters. The molecule has 2 aromatic rings. The fourth-order valence-electron chi connectivity index (χ4n) is 3.04. The van der Waals surface area contributed by atoms with Crippen LogP contribution in [0.5, 0.6) is 0 Å². The molecule has 1 atom stereocenters. The normalized spacial score (nSPS) is 21.7. The molecule has 24 heavy (non-hydrogen) atoms. The second kappa shape index (κ2) is 6.27. The highest BCUT2D eigenvalue weighted by atomic mass is 32.2. The Hall–Kier alpha value is -1.77. The zero-order chi connectivity index (χ0) is 17.4. The first-order valence-electron chi connectivity index (χ1n) is 7.97. The molecule has 1 aromatic heterocycles. The van der Waals surface area contributed by atoms with Crippen LogP contribution < -0.4 is 5.73 Å². The second-order valence-corrected chi connectivity index (χ2v) is 8.83. The van der Waals surface area contributed by atoms with Crippen molar-refractivity contribution in [1.29, 1.82) is 0 Å². The van der Waals surface area contributed by atoms with Crippen molar-refractivity contribution >= 4 is 10.0 Å². The molecule has 1 fully saturated rings. The predicted octanol–water partition coefficient (Wildman–Crippen LogP) is 1.07. The van der Waals surface area contributed by atoms with E-state index in [1.165, 1.54) is 6.33 Å². The molecule has 130 valence electrons. The van der Waals surface area contributed by atoms with E-state index in [0.717, 1.165) is 0 Å². The van der Waals surface area contributed by atoms with Crippen LogP contribution in [0.4, 0.5) is 0 Å². The van der Waals surface area contributed by atoms with Crippen LogP contribution in [0.2, 0.25) is 0 Å². The number of piperidine rings is 1. The monoisotopic (exact) mass is 349 g/mol. The molecular formula is C16H23N5O2S. The maximum atomic E-state index is 13.2. The lowest BCUT2D eigenvalue weighted by molar-refractivity contribution is 0.155. The number of aromatic nitrogens is 3. The van der Waals surface area contributed by atoms with Gasteiger partial charge in [-0.3, -0.25) is 0 Å². The van der Waals surface area contributed by atoms with E-state index in [2.05, 4.69) is 10.1 Å². The van der Waals surface area contributed by atoms with Gasteiger partial charge in [-0.25, -0.2) is 18.1 Å². The van der Waals surface area contributed by atoms with E-state index >= 15 is 0 Å². The van der Waals surface area contributed by atoms with Gasteiger partial charge in [0.05, 0.1) is 11.4 Å². The Labute approximate surface area is 142 Å². The van der Waals surface area contributed by atoms with E-state index in [1.807, 2.05) is 26.0 Å². The SMILES string of the molecule is CC1(C)CN(S(=O)(=O)c2ccccc2Cn2cncn2)CCC1N. The average molecular weight is 349 g/mol. The van der Waals surface area contributed by atoms with Crippen molar-refractivity contribution < 1.29 is 8.42 Å². The van der Waals surface area contributed by atoms with Crippen molar-refractivity contribution in [3.05, 3.63) is 42.5 Å². The summed E-state index contributed by atoms with van der Waals surface area (Å²) in [5.41, 5.74) is 6.60. The molecule has 1 aliphatic rings. The number of benzene rings is 1. The highest BCUT2D eigenvalue weighted by Crippen LogP contribution is 2.32. The Balaban J connectivity index is 1.93. The summed E-state index contributed by atoms with van der Waals surface area (Å²) in [5.74, 6) is 0. The Bertz CT molecular complexity index is 802. The van der Waals surface area contributed by atoms with E-state index < -0.39 is 10.0 Å². The average Bonchev–Trinajstić information content (AvgIpc) is 3.03. The molecule has 3 rings (SSSR count). The van der Waals surface area contributed by atoms with Crippen molar-refractivity contribution in [2.24, 2.45) is 11.1 Å². The topological polar surface area (TPSA) is 94.1 Å². The predicted molar refractivity (Wildman–Crippen MR) is 90.7 cm³/mol. The first-order chi connectivity index (χ1) is 11.3. The van der Waals surface area contributed by atoms with E-state index in [-0.39, 0.29) is 11.5 Å². The molecule has 7 nitrogen and oxygen atoms in total. The Morgan fingerprint density at radius 1 is 1.33 bits per heavy atom. The van der Waals surface area contributed by atoms with Crippen LogP contribution in [-0.2, 0) is 16.6 Å². The Morgan fingerprint density at radius 3 is 2.75 bits per heavy atom. The van der Waals surface area contributed by atoms with Crippen molar-refractivity contribution in [3.63, 3.8) is 0 Å². The summed E-state index contributed by atoms with van der Waals surface area (Å²) in [6, 6.07) is 7.06. The third-order valence-corrected chi connectivity index (χ3v) is 6.61. The molecule has 1 saturated heterocycles. The minimum atomic E-state index is -3.57. The van der Waals surface area contributed by atoms with Gasteiger partial charge in [-0.15, -0.1) is 0 Å². The van der Waals surface area contributed by atoms with Gasteiger partial charge in [-0.2, -0.15) is 9.40 Å². The van der Waals surface area contributed by atoms with Crippen LogP contribution in [0.3, 0.4) is 0 Å². The molecule has 2 heterocycles. The van der Waals surface area contributed by atoms with Crippen molar-refractivity contribution in [3.8, 4) is 0 Å². The molecule has 8 heteroatoms. The third kappa shape index (κ3) is 3.22. The summed E-state index contributed by atoms with van der Waals surface area (Å²) >= 11 is 0. The molecule has 0 aliphatic carbocycles. The van der Waals surface area contributed by atoms with E-state index in [1.54, 1.807) is 27.4 Å². The van der Waals surface area contributed by atoms with Gasteiger partial charge >= 0.3 is 0 Å². The maximum absolute atomic E-state index is 13.2. The van der Waals surface area contributed by atoms with E-state index in [0.29, 0.717) is 36.5 Å². The number of hydrogen-bond acceptors (Lipinski definition) is 5. The van der Waals surface area contributed by atoms with Crippen LogP contribution in [-0.4, -0.2) is 46.6 Å². The van der Waals surface area contributed by atoms with Crippen LogP contribution in [0.15, 0.2) is 41.8 Å². The minimum Gasteiger partial charge on any atom is -0.327 e. The number of sulfonamides is 1. The quantitative estimate of drug-likeness (QED) is 0.891.